The second-order valence-electron chi connectivity index (χ2n) is 2.87. The first kappa shape index (κ1) is 9.23. The van der Waals surface area contributed by atoms with E-state index in [1.807, 2.05) is 0 Å². The predicted octanol–water partition coefficient (Wildman–Crippen LogP) is 1.64. The van der Waals surface area contributed by atoms with Crippen molar-refractivity contribution in [2.45, 2.75) is 13.0 Å². The molecule has 2 N–H and O–H groups in total. The summed E-state index contributed by atoms with van der Waals surface area (Å²) in [6.45, 7) is 2.59. The molecule has 0 saturated heterocycles. The fraction of sp³-hybridized carbons (Fsp3) is 0.400. The molecule has 1 atom stereocenters. The fourth-order valence-corrected chi connectivity index (χ4v) is 1.15. The van der Waals surface area contributed by atoms with Gasteiger partial charge in [-0.05, 0) is 12.5 Å². The summed E-state index contributed by atoms with van der Waals surface area (Å²) in [5.41, 5.74) is 7.93. The highest BCUT2D eigenvalue weighted by Gasteiger charge is 2.06. The van der Waals surface area contributed by atoms with Crippen molar-refractivity contribution in [2.24, 2.45) is 5.73 Å². The summed E-state index contributed by atoms with van der Waals surface area (Å²) >= 11 is 0. The smallest absolute Gasteiger partial charge is 0.0943 e. The van der Waals surface area contributed by atoms with E-state index in [2.05, 4.69) is 31.2 Å². The van der Waals surface area contributed by atoms with Gasteiger partial charge in [-0.25, -0.2) is 0 Å². The van der Waals surface area contributed by atoms with Gasteiger partial charge in [0, 0.05) is 13.7 Å². The third-order valence-corrected chi connectivity index (χ3v) is 1.95. The second-order valence-corrected chi connectivity index (χ2v) is 2.87. The topological polar surface area (TPSA) is 35.2 Å². The number of methoxy groups -OCH3 is 1. The highest BCUT2D eigenvalue weighted by Crippen LogP contribution is 2.15. The van der Waals surface area contributed by atoms with E-state index in [0.29, 0.717) is 6.54 Å². The Kier molecular flexibility index (Phi) is 3.26. The zero-order valence-corrected chi connectivity index (χ0v) is 7.58. The Labute approximate surface area is 73.3 Å². The van der Waals surface area contributed by atoms with Gasteiger partial charge in [-0.2, -0.15) is 0 Å². The van der Waals surface area contributed by atoms with Crippen LogP contribution in [0.3, 0.4) is 0 Å². The molecule has 0 aliphatic heterocycles. The van der Waals surface area contributed by atoms with Crippen LogP contribution in [-0.4, -0.2) is 13.7 Å². The molecule has 1 rings (SSSR count). The van der Waals surface area contributed by atoms with E-state index >= 15 is 0 Å². The first-order chi connectivity index (χ1) is 5.77. The summed E-state index contributed by atoms with van der Waals surface area (Å²) in [4.78, 5) is 0. The lowest BCUT2D eigenvalue weighted by molar-refractivity contribution is 0.110. The molecule has 0 saturated carbocycles. The Morgan fingerprint density at radius 3 is 2.33 bits per heavy atom. The third-order valence-electron chi connectivity index (χ3n) is 1.95. The highest BCUT2D eigenvalue weighted by atomic mass is 16.5. The van der Waals surface area contributed by atoms with Crippen molar-refractivity contribution in [2.75, 3.05) is 13.7 Å². The minimum Gasteiger partial charge on any atom is -0.375 e. The third kappa shape index (κ3) is 2.06. The number of rotatable bonds is 3. The molecule has 0 radical (unpaired) electrons. The normalized spacial score (nSPS) is 12.9. The molecule has 12 heavy (non-hydrogen) atoms. The molecule has 0 aliphatic rings. The van der Waals surface area contributed by atoms with Gasteiger partial charge in [0.25, 0.3) is 0 Å². The van der Waals surface area contributed by atoms with Crippen LogP contribution in [0.2, 0.25) is 0 Å². The summed E-state index contributed by atoms with van der Waals surface area (Å²) < 4.78 is 5.20. The molecular formula is C10H15NO. The Morgan fingerprint density at radius 2 is 1.92 bits per heavy atom. The van der Waals surface area contributed by atoms with Gasteiger partial charge in [0.15, 0.2) is 0 Å². The molecule has 0 aromatic heterocycles. The van der Waals surface area contributed by atoms with E-state index in [1.165, 1.54) is 5.56 Å². The highest BCUT2D eigenvalue weighted by molar-refractivity contribution is 5.23. The van der Waals surface area contributed by atoms with Crippen molar-refractivity contribution in [1.29, 1.82) is 0 Å². The molecule has 0 fully saturated rings. The van der Waals surface area contributed by atoms with Crippen LogP contribution in [0.25, 0.3) is 0 Å². The first-order valence-electron chi connectivity index (χ1n) is 4.07. The first-order valence-corrected chi connectivity index (χ1v) is 4.07. The number of nitrogens with two attached hydrogens (primary N) is 1. The number of hydrogen-bond acceptors (Lipinski definition) is 2. The Morgan fingerprint density at radius 1 is 1.33 bits per heavy atom. The molecule has 2 heteroatoms. The van der Waals surface area contributed by atoms with E-state index in [-0.39, 0.29) is 6.10 Å². The molecule has 1 unspecified atom stereocenters. The Balaban J connectivity index is 2.80. The molecule has 66 valence electrons. The van der Waals surface area contributed by atoms with Gasteiger partial charge in [-0.15, -0.1) is 0 Å². The van der Waals surface area contributed by atoms with Gasteiger partial charge < -0.3 is 10.5 Å². The fourth-order valence-electron chi connectivity index (χ4n) is 1.15. The summed E-state index contributed by atoms with van der Waals surface area (Å²) in [7, 11) is 1.68. The van der Waals surface area contributed by atoms with Gasteiger partial charge in [-0.3, -0.25) is 0 Å². The molecule has 1 aromatic rings. The van der Waals surface area contributed by atoms with Crippen LogP contribution in [-0.2, 0) is 4.74 Å². The largest absolute Gasteiger partial charge is 0.375 e. The standard InChI is InChI=1S/C10H15NO/c1-8-3-5-9(6-4-8)10(7-11)12-2/h3-6,10H,7,11H2,1-2H3. The van der Waals surface area contributed by atoms with Crippen molar-refractivity contribution >= 4 is 0 Å². The zero-order valence-electron chi connectivity index (χ0n) is 7.58. The summed E-state index contributed by atoms with van der Waals surface area (Å²) in [6.07, 6.45) is 0.0330. The average Bonchev–Trinajstić information content (AvgIpc) is 2.10. The average molecular weight is 165 g/mol. The number of hydrogen-bond donors (Lipinski definition) is 1. The number of benzene rings is 1. The number of aryl methyl sites for hydroxylation is 1. The molecule has 1 aromatic carbocycles. The van der Waals surface area contributed by atoms with Crippen molar-refractivity contribution < 1.29 is 4.74 Å². The van der Waals surface area contributed by atoms with Crippen molar-refractivity contribution in [3.8, 4) is 0 Å². The molecule has 0 aliphatic carbocycles. The summed E-state index contributed by atoms with van der Waals surface area (Å²) in [5.74, 6) is 0. The molecule has 0 heterocycles. The lowest BCUT2D eigenvalue weighted by Gasteiger charge is -2.12. The lowest BCUT2D eigenvalue weighted by Crippen LogP contribution is -2.13. The minimum atomic E-state index is 0.0330. The Bertz CT molecular complexity index is 226. The molecule has 0 bridgehead atoms. The molecule has 2 nitrogen and oxygen atoms in total. The summed E-state index contributed by atoms with van der Waals surface area (Å²) in [6, 6.07) is 8.24. The van der Waals surface area contributed by atoms with Crippen LogP contribution in [0.15, 0.2) is 24.3 Å². The maximum absolute atomic E-state index is 5.53. The van der Waals surface area contributed by atoms with Crippen LogP contribution in [0.4, 0.5) is 0 Å². The van der Waals surface area contributed by atoms with Gasteiger partial charge in [-0.1, -0.05) is 29.8 Å². The van der Waals surface area contributed by atoms with E-state index in [9.17, 15) is 0 Å². The van der Waals surface area contributed by atoms with Gasteiger partial charge in [0.2, 0.25) is 0 Å². The van der Waals surface area contributed by atoms with Crippen molar-refractivity contribution in [3.05, 3.63) is 35.4 Å². The van der Waals surface area contributed by atoms with E-state index < -0.39 is 0 Å². The SMILES string of the molecule is COC(CN)c1ccc(C)cc1. The second kappa shape index (κ2) is 4.24. The van der Waals surface area contributed by atoms with E-state index in [4.69, 9.17) is 10.5 Å². The van der Waals surface area contributed by atoms with Gasteiger partial charge >= 0.3 is 0 Å². The van der Waals surface area contributed by atoms with Crippen LogP contribution < -0.4 is 5.73 Å². The predicted molar refractivity (Wildman–Crippen MR) is 50.0 cm³/mol. The molecule has 0 amide bonds. The van der Waals surface area contributed by atoms with E-state index in [0.717, 1.165) is 5.56 Å². The zero-order chi connectivity index (χ0) is 8.97. The van der Waals surface area contributed by atoms with Crippen molar-refractivity contribution in [1.82, 2.24) is 0 Å². The van der Waals surface area contributed by atoms with Crippen LogP contribution in [0.1, 0.15) is 17.2 Å². The Hall–Kier alpha value is -0.860. The van der Waals surface area contributed by atoms with E-state index in [1.54, 1.807) is 7.11 Å². The monoisotopic (exact) mass is 165 g/mol. The van der Waals surface area contributed by atoms with Crippen LogP contribution >= 0.6 is 0 Å². The number of ether oxygens (including phenoxy) is 1. The maximum Gasteiger partial charge on any atom is 0.0943 e. The minimum absolute atomic E-state index is 0.0330. The summed E-state index contributed by atoms with van der Waals surface area (Å²) in [5, 5.41) is 0. The lowest BCUT2D eigenvalue weighted by atomic mass is 10.1. The van der Waals surface area contributed by atoms with Crippen LogP contribution in [0.5, 0.6) is 0 Å². The van der Waals surface area contributed by atoms with Gasteiger partial charge in [0.05, 0.1) is 6.10 Å². The molecular weight excluding hydrogens is 150 g/mol. The van der Waals surface area contributed by atoms with Gasteiger partial charge in [0.1, 0.15) is 0 Å². The van der Waals surface area contributed by atoms with Crippen molar-refractivity contribution in [3.63, 3.8) is 0 Å². The maximum atomic E-state index is 5.53. The molecule has 0 spiro atoms. The van der Waals surface area contributed by atoms with Crippen LogP contribution in [0, 0.1) is 6.92 Å². The quantitative estimate of drug-likeness (QED) is 0.739.